The van der Waals surface area contributed by atoms with Crippen molar-refractivity contribution in [1.29, 1.82) is 0 Å². The van der Waals surface area contributed by atoms with Gasteiger partial charge in [0, 0.05) is 43.9 Å². The SMILES string of the molecule is CC(C)(F)CN1CCc2cc(OCc3ccccc3)ccc2C1c1c(F)cc(OC2CCC3(CC2)CNC3)cc1F. The van der Waals surface area contributed by atoms with Crippen molar-refractivity contribution in [2.24, 2.45) is 5.41 Å². The highest BCUT2D eigenvalue weighted by atomic mass is 19.1. The summed E-state index contributed by atoms with van der Waals surface area (Å²) in [5.41, 5.74) is 1.57. The van der Waals surface area contributed by atoms with Gasteiger partial charge in [-0.1, -0.05) is 36.4 Å². The van der Waals surface area contributed by atoms with E-state index in [9.17, 15) is 4.39 Å². The monoisotopic (exact) mass is 564 g/mol. The van der Waals surface area contributed by atoms with Crippen LogP contribution in [0.15, 0.2) is 60.7 Å². The van der Waals surface area contributed by atoms with Crippen LogP contribution in [-0.4, -0.2) is 42.9 Å². The summed E-state index contributed by atoms with van der Waals surface area (Å²) in [6.07, 6.45) is 4.50. The van der Waals surface area contributed by atoms with Gasteiger partial charge in [-0.2, -0.15) is 0 Å². The van der Waals surface area contributed by atoms with Crippen molar-refractivity contribution in [3.05, 3.63) is 94.6 Å². The molecule has 3 aromatic carbocycles. The highest BCUT2D eigenvalue weighted by Crippen LogP contribution is 2.43. The van der Waals surface area contributed by atoms with E-state index in [0.717, 1.165) is 55.5 Å². The summed E-state index contributed by atoms with van der Waals surface area (Å²) < 4.78 is 58.7. The number of fused-ring (bicyclic) bond motifs is 1. The molecule has 1 spiro atoms. The van der Waals surface area contributed by atoms with Crippen LogP contribution in [0.25, 0.3) is 0 Å². The normalized spacial score (nSPS) is 20.9. The summed E-state index contributed by atoms with van der Waals surface area (Å²) in [5, 5.41) is 3.35. The minimum Gasteiger partial charge on any atom is -0.490 e. The number of nitrogens with one attached hydrogen (secondary N) is 1. The molecule has 1 unspecified atom stereocenters. The number of ether oxygens (including phenoxy) is 2. The zero-order valence-corrected chi connectivity index (χ0v) is 23.9. The molecule has 2 heterocycles. The van der Waals surface area contributed by atoms with E-state index in [4.69, 9.17) is 9.47 Å². The summed E-state index contributed by atoms with van der Waals surface area (Å²) in [4.78, 5) is 1.85. The molecule has 1 saturated heterocycles. The van der Waals surface area contributed by atoms with E-state index in [1.165, 1.54) is 26.0 Å². The van der Waals surface area contributed by atoms with Crippen LogP contribution < -0.4 is 14.8 Å². The number of rotatable bonds is 8. The Hall–Kier alpha value is -3.03. The largest absolute Gasteiger partial charge is 0.490 e. The first kappa shape index (κ1) is 28.1. The molecule has 4 nitrogen and oxygen atoms in total. The van der Waals surface area contributed by atoms with Gasteiger partial charge in [-0.3, -0.25) is 4.90 Å². The standard InChI is InChI=1S/C34H39F3N2O2/c1-33(2,37)22-39-15-12-24-16-26(40-19-23-6-4-3-5-7-23)8-9-28(24)32(39)31-29(35)17-27(18-30(31)36)41-25-10-13-34(14-11-25)20-38-21-34/h3-9,16-18,25,32,38H,10-15,19-22H2,1-2H3. The molecule has 7 heteroatoms. The maximum absolute atomic E-state index is 15.9. The Morgan fingerprint density at radius 2 is 1.66 bits per heavy atom. The molecule has 2 fully saturated rings. The lowest BCUT2D eigenvalue weighted by atomic mass is 9.69. The van der Waals surface area contributed by atoms with Gasteiger partial charge in [0.05, 0.1) is 12.1 Å². The lowest BCUT2D eigenvalue weighted by Crippen LogP contribution is -2.55. The molecule has 0 amide bonds. The fourth-order valence-corrected chi connectivity index (χ4v) is 6.71. The molecule has 0 aromatic heterocycles. The predicted molar refractivity (Wildman–Crippen MR) is 154 cm³/mol. The predicted octanol–water partition coefficient (Wildman–Crippen LogP) is 7.15. The van der Waals surface area contributed by atoms with E-state index in [2.05, 4.69) is 5.32 Å². The van der Waals surface area contributed by atoms with E-state index in [-0.39, 0.29) is 24.0 Å². The summed E-state index contributed by atoms with van der Waals surface area (Å²) in [7, 11) is 0. The van der Waals surface area contributed by atoms with Gasteiger partial charge in [-0.15, -0.1) is 0 Å². The van der Waals surface area contributed by atoms with Crippen molar-refractivity contribution in [2.75, 3.05) is 26.2 Å². The molecule has 6 rings (SSSR count). The van der Waals surface area contributed by atoms with Crippen molar-refractivity contribution >= 4 is 0 Å². The third kappa shape index (κ3) is 6.26. The van der Waals surface area contributed by atoms with Crippen molar-refractivity contribution in [3.8, 4) is 11.5 Å². The highest BCUT2D eigenvalue weighted by molar-refractivity contribution is 5.46. The van der Waals surface area contributed by atoms with Crippen LogP contribution in [-0.2, 0) is 13.0 Å². The van der Waals surface area contributed by atoms with Crippen molar-refractivity contribution in [3.63, 3.8) is 0 Å². The van der Waals surface area contributed by atoms with Gasteiger partial charge in [0.15, 0.2) is 0 Å². The number of halogens is 3. The van der Waals surface area contributed by atoms with Crippen LogP contribution in [0, 0.1) is 17.0 Å². The molecule has 1 N–H and O–H groups in total. The highest BCUT2D eigenvalue weighted by Gasteiger charge is 2.41. The average molecular weight is 565 g/mol. The lowest BCUT2D eigenvalue weighted by molar-refractivity contribution is 0.0418. The van der Waals surface area contributed by atoms with Crippen LogP contribution in [0.2, 0.25) is 0 Å². The quantitative estimate of drug-likeness (QED) is 0.315. The Morgan fingerprint density at radius 3 is 2.29 bits per heavy atom. The molecule has 2 aliphatic heterocycles. The molecule has 218 valence electrons. The minimum atomic E-state index is -1.53. The van der Waals surface area contributed by atoms with Crippen LogP contribution in [0.3, 0.4) is 0 Å². The average Bonchev–Trinajstić information content (AvgIpc) is 2.92. The third-order valence-electron chi connectivity index (χ3n) is 8.89. The second kappa shape index (κ2) is 11.3. The first-order valence-electron chi connectivity index (χ1n) is 14.8. The van der Waals surface area contributed by atoms with E-state index in [0.29, 0.717) is 30.7 Å². The van der Waals surface area contributed by atoms with Crippen molar-refractivity contribution in [2.45, 2.75) is 70.4 Å². The second-order valence-electron chi connectivity index (χ2n) is 12.7. The molecule has 0 radical (unpaired) electrons. The molecule has 3 aromatic rings. The van der Waals surface area contributed by atoms with Crippen molar-refractivity contribution in [1.82, 2.24) is 10.2 Å². The number of nitrogens with zero attached hydrogens (tertiary/aromatic N) is 1. The number of benzene rings is 3. The van der Waals surface area contributed by atoms with Crippen molar-refractivity contribution < 1.29 is 22.6 Å². The Labute approximate surface area is 240 Å². The van der Waals surface area contributed by atoms with E-state index >= 15 is 8.78 Å². The van der Waals surface area contributed by atoms with E-state index < -0.39 is 23.3 Å². The maximum atomic E-state index is 15.9. The van der Waals surface area contributed by atoms with E-state index in [1.807, 2.05) is 53.4 Å². The molecule has 1 atom stereocenters. The number of hydrogen-bond acceptors (Lipinski definition) is 4. The zero-order valence-electron chi connectivity index (χ0n) is 23.9. The number of hydrogen-bond donors (Lipinski definition) is 1. The topological polar surface area (TPSA) is 33.7 Å². The third-order valence-corrected chi connectivity index (χ3v) is 8.89. The van der Waals surface area contributed by atoms with Gasteiger partial charge < -0.3 is 14.8 Å². The molecule has 1 saturated carbocycles. The van der Waals surface area contributed by atoms with Gasteiger partial charge in [-0.05, 0) is 80.2 Å². The summed E-state index contributed by atoms with van der Waals surface area (Å²) in [5.74, 6) is -0.421. The van der Waals surface area contributed by atoms with Gasteiger partial charge in [-0.25, -0.2) is 13.2 Å². The minimum absolute atomic E-state index is 0.0422. The van der Waals surface area contributed by atoms with E-state index in [1.54, 1.807) is 0 Å². The molecular weight excluding hydrogens is 525 g/mol. The smallest absolute Gasteiger partial charge is 0.134 e. The van der Waals surface area contributed by atoms with Gasteiger partial charge in [0.25, 0.3) is 0 Å². The van der Waals surface area contributed by atoms with Gasteiger partial charge in [0.2, 0.25) is 0 Å². The fourth-order valence-electron chi connectivity index (χ4n) is 6.71. The van der Waals surface area contributed by atoms with Crippen LogP contribution >= 0.6 is 0 Å². The molecular formula is C34H39F3N2O2. The first-order chi connectivity index (χ1) is 19.7. The van der Waals surface area contributed by atoms with Gasteiger partial charge in [0.1, 0.15) is 35.4 Å². The number of alkyl halides is 1. The first-order valence-corrected chi connectivity index (χ1v) is 14.8. The summed E-state index contributed by atoms with van der Waals surface area (Å²) in [6, 6.07) is 17.4. The summed E-state index contributed by atoms with van der Waals surface area (Å²) in [6.45, 7) is 6.05. The molecule has 1 aliphatic carbocycles. The molecule has 0 bridgehead atoms. The Morgan fingerprint density at radius 1 is 0.951 bits per heavy atom. The summed E-state index contributed by atoms with van der Waals surface area (Å²) >= 11 is 0. The van der Waals surface area contributed by atoms with Crippen LogP contribution in [0.5, 0.6) is 11.5 Å². The van der Waals surface area contributed by atoms with Crippen LogP contribution in [0.4, 0.5) is 13.2 Å². The van der Waals surface area contributed by atoms with Crippen LogP contribution in [0.1, 0.15) is 67.8 Å². The molecule has 3 aliphatic rings. The Kier molecular flexibility index (Phi) is 7.77. The lowest BCUT2D eigenvalue weighted by Gasteiger charge is -2.47. The van der Waals surface area contributed by atoms with Gasteiger partial charge >= 0.3 is 0 Å². The molecule has 41 heavy (non-hydrogen) atoms. The zero-order chi connectivity index (χ0) is 28.6. The Bertz CT molecular complexity index is 1340. The maximum Gasteiger partial charge on any atom is 0.134 e. The second-order valence-corrected chi connectivity index (χ2v) is 12.7. The fraction of sp³-hybridized carbons (Fsp3) is 0.471. The Balaban J connectivity index is 1.25.